The lowest BCUT2D eigenvalue weighted by Crippen LogP contribution is -2.44. The zero-order chi connectivity index (χ0) is 23.1. The maximum atomic E-state index is 14.4. The summed E-state index contributed by atoms with van der Waals surface area (Å²) in [5.41, 5.74) is 6.69. The highest BCUT2D eigenvalue weighted by Gasteiger charge is 2.24. The molecule has 0 atom stereocenters. The van der Waals surface area contributed by atoms with Crippen molar-refractivity contribution in [3.63, 3.8) is 0 Å². The molecule has 168 valence electrons. The molecule has 4 heterocycles. The van der Waals surface area contributed by atoms with Gasteiger partial charge in [0.25, 0.3) is 0 Å². The first-order valence-corrected chi connectivity index (χ1v) is 10.6. The number of carbonyl (C=O) groups is 1. The number of nitrogens with two attached hydrogens (primary N) is 1. The average molecular weight is 448 g/mol. The Hall–Kier alpha value is -3.85. The lowest BCUT2D eigenvalue weighted by molar-refractivity contribution is 0.103. The van der Waals surface area contributed by atoms with Crippen molar-refractivity contribution in [2.75, 3.05) is 43.9 Å². The Morgan fingerprint density at radius 2 is 1.79 bits per heavy atom. The van der Waals surface area contributed by atoms with E-state index in [4.69, 9.17) is 5.73 Å². The Morgan fingerprint density at radius 1 is 1.03 bits per heavy atom. The van der Waals surface area contributed by atoms with Crippen molar-refractivity contribution in [3.8, 4) is 11.1 Å². The molecule has 0 bridgehead atoms. The molecule has 7 nitrogen and oxygen atoms in total. The molecule has 0 saturated carbocycles. The van der Waals surface area contributed by atoms with Crippen LogP contribution in [0.15, 0.2) is 48.9 Å². The van der Waals surface area contributed by atoms with E-state index in [2.05, 4.69) is 31.8 Å². The Kier molecular flexibility index (Phi) is 5.26. The summed E-state index contributed by atoms with van der Waals surface area (Å²) in [5.74, 6) is -1.92. The molecule has 1 aliphatic rings. The number of carbonyl (C=O) groups excluding carboxylic acids is 1. The maximum absolute atomic E-state index is 14.4. The quantitative estimate of drug-likeness (QED) is 0.367. The van der Waals surface area contributed by atoms with Gasteiger partial charge < -0.3 is 20.5 Å². The molecule has 0 aliphatic carbocycles. The van der Waals surface area contributed by atoms with Gasteiger partial charge in [-0.25, -0.2) is 18.7 Å². The highest BCUT2D eigenvalue weighted by atomic mass is 19.1. The fourth-order valence-electron chi connectivity index (χ4n) is 4.04. The number of likely N-dealkylation sites (N-methyl/N-ethyl adjacent to an activating group) is 1. The minimum Gasteiger partial charge on any atom is -0.396 e. The number of rotatable bonds is 4. The molecule has 0 amide bonds. The zero-order valence-electron chi connectivity index (χ0n) is 18.0. The van der Waals surface area contributed by atoms with Crippen LogP contribution in [-0.2, 0) is 0 Å². The third kappa shape index (κ3) is 3.80. The van der Waals surface area contributed by atoms with Gasteiger partial charge in [-0.3, -0.25) is 4.79 Å². The summed E-state index contributed by atoms with van der Waals surface area (Å²) in [6, 6.07) is 7.76. The first-order chi connectivity index (χ1) is 15.9. The largest absolute Gasteiger partial charge is 0.396 e. The number of hydrogen-bond donors (Lipinski definition) is 2. The number of H-pyrrole nitrogens is 1. The molecule has 0 spiro atoms. The van der Waals surface area contributed by atoms with Crippen molar-refractivity contribution < 1.29 is 13.6 Å². The molecule has 9 heteroatoms. The van der Waals surface area contributed by atoms with E-state index < -0.39 is 23.0 Å². The van der Waals surface area contributed by atoms with E-state index in [1.807, 2.05) is 12.1 Å². The standard InChI is InChI=1S/C24H22F2N6O/c1-31-6-8-32(9-7-31)20-5-2-14(11-28-20)15-10-16-17(13-30-24(16)29-12-15)23(33)21-18(25)3-4-19(27)22(21)26/h2-5,10-13H,6-9,27H2,1H3,(H,29,30). The van der Waals surface area contributed by atoms with Gasteiger partial charge >= 0.3 is 0 Å². The van der Waals surface area contributed by atoms with Crippen molar-refractivity contribution in [2.24, 2.45) is 0 Å². The molecule has 1 fully saturated rings. The van der Waals surface area contributed by atoms with Gasteiger partial charge in [0.05, 0.1) is 11.3 Å². The molecule has 1 aliphatic heterocycles. The molecule has 4 aromatic rings. The number of nitrogens with one attached hydrogen (secondary N) is 1. The molecular weight excluding hydrogens is 426 g/mol. The summed E-state index contributed by atoms with van der Waals surface area (Å²) >= 11 is 0. The van der Waals surface area contributed by atoms with Crippen LogP contribution in [0.5, 0.6) is 0 Å². The monoisotopic (exact) mass is 448 g/mol. The number of aromatic amines is 1. The van der Waals surface area contributed by atoms with Crippen LogP contribution in [-0.4, -0.2) is 58.9 Å². The molecule has 0 radical (unpaired) electrons. The van der Waals surface area contributed by atoms with Crippen LogP contribution in [0.3, 0.4) is 0 Å². The van der Waals surface area contributed by atoms with Crippen LogP contribution < -0.4 is 10.6 Å². The van der Waals surface area contributed by atoms with Crippen molar-refractivity contribution in [1.29, 1.82) is 0 Å². The number of anilines is 2. The summed E-state index contributed by atoms with van der Waals surface area (Å²) in [6.07, 6.45) is 4.84. The van der Waals surface area contributed by atoms with Crippen molar-refractivity contribution in [1.82, 2.24) is 19.9 Å². The number of ketones is 1. The smallest absolute Gasteiger partial charge is 0.201 e. The highest BCUT2D eigenvalue weighted by Crippen LogP contribution is 2.29. The van der Waals surface area contributed by atoms with Gasteiger partial charge in [0.2, 0.25) is 5.78 Å². The second-order valence-electron chi connectivity index (χ2n) is 8.17. The number of piperazine rings is 1. The van der Waals surface area contributed by atoms with Gasteiger partial charge in [0.1, 0.15) is 17.3 Å². The third-order valence-corrected chi connectivity index (χ3v) is 6.03. The highest BCUT2D eigenvalue weighted by molar-refractivity contribution is 6.16. The van der Waals surface area contributed by atoms with Crippen molar-refractivity contribution in [3.05, 3.63) is 71.7 Å². The lowest BCUT2D eigenvalue weighted by atomic mass is 10.00. The van der Waals surface area contributed by atoms with Crippen molar-refractivity contribution >= 4 is 28.3 Å². The zero-order valence-corrected chi connectivity index (χ0v) is 18.0. The lowest BCUT2D eigenvalue weighted by Gasteiger charge is -2.33. The minimum atomic E-state index is -1.07. The van der Waals surface area contributed by atoms with E-state index in [1.54, 1.807) is 18.5 Å². The molecular formula is C24H22F2N6O. The Labute approximate surface area is 188 Å². The fraction of sp³-hybridized carbons (Fsp3) is 0.208. The Balaban J connectivity index is 1.48. The Bertz CT molecular complexity index is 1340. The molecule has 33 heavy (non-hydrogen) atoms. The average Bonchev–Trinajstić information content (AvgIpc) is 3.26. The van der Waals surface area contributed by atoms with E-state index in [1.165, 1.54) is 6.20 Å². The Morgan fingerprint density at radius 3 is 2.52 bits per heavy atom. The molecule has 0 unspecified atom stereocenters. The third-order valence-electron chi connectivity index (χ3n) is 6.03. The number of pyridine rings is 2. The molecule has 1 saturated heterocycles. The number of nitrogen functional groups attached to an aromatic ring is 1. The number of aromatic nitrogens is 3. The van der Waals surface area contributed by atoms with Gasteiger partial charge in [-0.05, 0) is 37.4 Å². The van der Waals surface area contributed by atoms with Gasteiger partial charge in [-0.2, -0.15) is 0 Å². The van der Waals surface area contributed by atoms with E-state index in [0.717, 1.165) is 55.3 Å². The summed E-state index contributed by atoms with van der Waals surface area (Å²) < 4.78 is 28.7. The predicted octanol–water partition coefficient (Wildman–Crippen LogP) is 3.47. The van der Waals surface area contributed by atoms with Crippen LogP contribution in [0.4, 0.5) is 20.3 Å². The van der Waals surface area contributed by atoms with E-state index in [0.29, 0.717) is 11.0 Å². The topological polar surface area (TPSA) is 91.1 Å². The molecule has 3 N–H and O–H groups in total. The van der Waals surface area contributed by atoms with Crippen LogP contribution >= 0.6 is 0 Å². The normalized spacial score (nSPS) is 14.7. The summed E-state index contributed by atoms with van der Waals surface area (Å²) in [7, 11) is 2.10. The summed E-state index contributed by atoms with van der Waals surface area (Å²) in [5, 5.41) is 0.460. The second kappa shape index (κ2) is 8.25. The van der Waals surface area contributed by atoms with Gasteiger partial charge in [-0.1, -0.05) is 0 Å². The maximum Gasteiger partial charge on any atom is 0.201 e. The predicted molar refractivity (Wildman–Crippen MR) is 123 cm³/mol. The van der Waals surface area contributed by atoms with Gasteiger partial charge in [-0.15, -0.1) is 0 Å². The second-order valence-corrected chi connectivity index (χ2v) is 8.17. The SMILES string of the molecule is CN1CCN(c2ccc(-c3cnc4[nH]cc(C(=O)c5c(F)ccc(N)c5F)c4c3)cn2)CC1. The molecule has 5 rings (SSSR count). The fourth-order valence-corrected chi connectivity index (χ4v) is 4.04. The van der Waals surface area contributed by atoms with Crippen LogP contribution in [0.25, 0.3) is 22.2 Å². The van der Waals surface area contributed by atoms with Crippen molar-refractivity contribution in [2.45, 2.75) is 0 Å². The first-order valence-electron chi connectivity index (χ1n) is 10.6. The summed E-state index contributed by atoms with van der Waals surface area (Å²) in [4.78, 5) is 29.4. The molecule has 1 aromatic carbocycles. The van der Waals surface area contributed by atoms with Gasteiger partial charge in [0.15, 0.2) is 5.82 Å². The number of fused-ring (bicyclic) bond motifs is 1. The van der Waals surface area contributed by atoms with Crippen LogP contribution in [0.2, 0.25) is 0 Å². The first kappa shape index (κ1) is 21.0. The van der Waals surface area contributed by atoms with E-state index in [-0.39, 0.29) is 11.3 Å². The summed E-state index contributed by atoms with van der Waals surface area (Å²) in [6.45, 7) is 3.82. The molecule has 3 aromatic heterocycles. The number of hydrogen-bond acceptors (Lipinski definition) is 6. The van der Waals surface area contributed by atoms with E-state index >= 15 is 0 Å². The van der Waals surface area contributed by atoms with E-state index in [9.17, 15) is 13.6 Å². The number of benzene rings is 1. The van der Waals surface area contributed by atoms with Gasteiger partial charge in [0, 0.05) is 66.8 Å². The van der Waals surface area contributed by atoms with Crippen LogP contribution in [0.1, 0.15) is 15.9 Å². The van der Waals surface area contributed by atoms with Crippen LogP contribution in [0, 0.1) is 11.6 Å². The number of nitrogens with zero attached hydrogens (tertiary/aromatic N) is 4. The minimum absolute atomic E-state index is 0.116. The number of halogens is 2.